The summed E-state index contributed by atoms with van der Waals surface area (Å²) in [6.45, 7) is 5.00. The first-order valence-corrected chi connectivity index (χ1v) is 6.98. The second-order valence-electron chi connectivity index (χ2n) is 5.23. The van der Waals surface area contributed by atoms with E-state index in [4.69, 9.17) is 14.6 Å². The lowest BCUT2D eigenvalue weighted by Gasteiger charge is -2.43. The fourth-order valence-electron chi connectivity index (χ4n) is 2.20. The standard InChI is InChI=1S/C13H25NO6/c1-4-5-9(16)14-10-12(19-7(2)3)11(17)8(6-15)20-13(10)18/h7-8,10-13,15,17-18H,4-6H2,1-3H3,(H,14,16)/t8-,10-,11-,12-,13+/m1/s1. The van der Waals surface area contributed by atoms with Crippen molar-refractivity contribution < 1.29 is 29.6 Å². The van der Waals surface area contributed by atoms with Crippen LogP contribution in [0.3, 0.4) is 0 Å². The molecule has 0 bridgehead atoms. The zero-order valence-electron chi connectivity index (χ0n) is 12.2. The Morgan fingerprint density at radius 1 is 1.40 bits per heavy atom. The molecule has 1 aliphatic heterocycles. The van der Waals surface area contributed by atoms with Crippen LogP contribution in [0, 0.1) is 0 Å². The van der Waals surface area contributed by atoms with Gasteiger partial charge in [-0.3, -0.25) is 4.79 Å². The van der Waals surface area contributed by atoms with Crippen molar-refractivity contribution in [3.8, 4) is 0 Å². The summed E-state index contributed by atoms with van der Waals surface area (Å²) in [7, 11) is 0. The van der Waals surface area contributed by atoms with Gasteiger partial charge in [0.2, 0.25) is 5.91 Å². The molecule has 1 amide bonds. The zero-order valence-corrected chi connectivity index (χ0v) is 12.2. The monoisotopic (exact) mass is 291 g/mol. The highest BCUT2D eigenvalue weighted by molar-refractivity contribution is 5.76. The van der Waals surface area contributed by atoms with Crippen molar-refractivity contribution in [1.29, 1.82) is 0 Å². The van der Waals surface area contributed by atoms with Gasteiger partial charge in [0, 0.05) is 6.42 Å². The first-order chi connectivity index (χ1) is 9.40. The van der Waals surface area contributed by atoms with Crippen LogP contribution >= 0.6 is 0 Å². The summed E-state index contributed by atoms with van der Waals surface area (Å²) in [5, 5.41) is 31.8. The molecule has 1 aliphatic rings. The smallest absolute Gasteiger partial charge is 0.220 e. The Hall–Kier alpha value is -0.730. The predicted molar refractivity (Wildman–Crippen MR) is 70.8 cm³/mol. The molecule has 7 heteroatoms. The fourth-order valence-corrected chi connectivity index (χ4v) is 2.20. The van der Waals surface area contributed by atoms with Gasteiger partial charge in [0.1, 0.15) is 24.4 Å². The average molecular weight is 291 g/mol. The van der Waals surface area contributed by atoms with E-state index in [1.54, 1.807) is 13.8 Å². The van der Waals surface area contributed by atoms with E-state index in [1.165, 1.54) is 0 Å². The number of hydrogen-bond donors (Lipinski definition) is 4. The summed E-state index contributed by atoms with van der Waals surface area (Å²) >= 11 is 0. The number of aliphatic hydroxyl groups is 3. The Morgan fingerprint density at radius 3 is 2.55 bits per heavy atom. The second kappa shape index (κ2) is 7.90. The molecule has 0 saturated carbocycles. The maximum atomic E-state index is 11.7. The average Bonchev–Trinajstić information content (AvgIpc) is 2.37. The Morgan fingerprint density at radius 2 is 2.05 bits per heavy atom. The van der Waals surface area contributed by atoms with Crippen LogP contribution in [0.2, 0.25) is 0 Å². The van der Waals surface area contributed by atoms with E-state index in [2.05, 4.69) is 5.32 Å². The predicted octanol–water partition coefficient (Wildman–Crippen LogP) is -0.865. The highest BCUT2D eigenvalue weighted by Crippen LogP contribution is 2.23. The van der Waals surface area contributed by atoms with Gasteiger partial charge in [-0.25, -0.2) is 0 Å². The van der Waals surface area contributed by atoms with Crippen molar-refractivity contribution in [3.63, 3.8) is 0 Å². The Balaban J connectivity index is 2.83. The quantitative estimate of drug-likeness (QED) is 0.507. The number of ether oxygens (including phenoxy) is 2. The number of rotatable bonds is 6. The first-order valence-electron chi connectivity index (χ1n) is 6.98. The van der Waals surface area contributed by atoms with Gasteiger partial charge in [0.05, 0.1) is 12.7 Å². The minimum atomic E-state index is -1.33. The Kier molecular flexibility index (Phi) is 6.84. The maximum Gasteiger partial charge on any atom is 0.220 e. The number of nitrogens with one attached hydrogen (secondary N) is 1. The lowest BCUT2D eigenvalue weighted by Crippen LogP contribution is -2.65. The molecule has 4 N–H and O–H groups in total. The third-order valence-corrected chi connectivity index (χ3v) is 3.11. The second-order valence-corrected chi connectivity index (χ2v) is 5.23. The molecule has 0 aromatic carbocycles. The zero-order chi connectivity index (χ0) is 15.3. The van der Waals surface area contributed by atoms with Gasteiger partial charge in [-0.05, 0) is 20.3 Å². The third-order valence-electron chi connectivity index (χ3n) is 3.11. The van der Waals surface area contributed by atoms with E-state index in [0.29, 0.717) is 12.8 Å². The molecule has 0 aliphatic carbocycles. The summed E-state index contributed by atoms with van der Waals surface area (Å²) in [4.78, 5) is 11.7. The number of aliphatic hydroxyl groups excluding tert-OH is 3. The van der Waals surface area contributed by atoms with Crippen LogP contribution < -0.4 is 5.32 Å². The largest absolute Gasteiger partial charge is 0.394 e. The molecule has 0 unspecified atom stereocenters. The summed E-state index contributed by atoms with van der Waals surface area (Å²) < 4.78 is 10.7. The molecule has 118 valence electrons. The van der Waals surface area contributed by atoms with Crippen LogP contribution in [0.1, 0.15) is 33.6 Å². The van der Waals surface area contributed by atoms with Crippen molar-refractivity contribution in [2.45, 2.75) is 70.4 Å². The van der Waals surface area contributed by atoms with Crippen molar-refractivity contribution in [2.75, 3.05) is 6.61 Å². The normalized spacial score (nSPS) is 34.2. The van der Waals surface area contributed by atoms with Gasteiger partial charge in [-0.2, -0.15) is 0 Å². The molecule has 7 nitrogen and oxygen atoms in total. The van der Waals surface area contributed by atoms with E-state index in [0.717, 1.165) is 0 Å². The number of hydrogen-bond acceptors (Lipinski definition) is 6. The summed E-state index contributed by atoms with van der Waals surface area (Å²) in [5.74, 6) is -0.243. The van der Waals surface area contributed by atoms with Crippen LogP contribution in [0.4, 0.5) is 0 Å². The van der Waals surface area contributed by atoms with E-state index in [1.807, 2.05) is 6.92 Å². The SMILES string of the molecule is CCCC(=O)N[C@@H]1[C@@H](OC(C)C)[C@H](O)[C@@H](CO)O[C@@H]1O. The van der Waals surface area contributed by atoms with Crippen LogP contribution in [0.5, 0.6) is 0 Å². The lowest BCUT2D eigenvalue weighted by atomic mass is 9.96. The number of amides is 1. The number of carbonyl (C=O) groups is 1. The molecule has 1 rings (SSSR count). The van der Waals surface area contributed by atoms with Crippen LogP contribution in [-0.4, -0.2) is 64.6 Å². The lowest BCUT2D eigenvalue weighted by molar-refractivity contribution is -0.266. The molecule has 1 heterocycles. The summed E-state index contributed by atoms with van der Waals surface area (Å²) in [6.07, 6.45) is -3.45. The van der Waals surface area contributed by atoms with E-state index in [9.17, 15) is 15.0 Å². The highest BCUT2D eigenvalue weighted by atomic mass is 16.6. The minimum absolute atomic E-state index is 0.204. The van der Waals surface area contributed by atoms with Crippen LogP contribution in [-0.2, 0) is 14.3 Å². The summed E-state index contributed by atoms with van der Waals surface area (Å²) in [6, 6.07) is -0.866. The topological polar surface area (TPSA) is 108 Å². The van der Waals surface area contributed by atoms with E-state index < -0.39 is 37.3 Å². The molecule has 0 spiro atoms. The van der Waals surface area contributed by atoms with Gasteiger partial charge in [-0.15, -0.1) is 0 Å². The molecule has 0 radical (unpaired) electrons. The molecule has 0 aromatic heterocycles. The fraction of sp³-hybridized carbons (Fsp3) is 0.923. The minimum Gasteiger partial charge on any atom is -0.394 e. The number of carbonyl (C=O) groups excluding carboxylic acids is 1. The molecule has 1 fully saturated rings. The van der Waals surface area contributed by atoms with Gasteiger partial charge >= 0.3 is 0 Å². The molecule has 1 saturated heterocycles. The molecule has 5 atom stereocenters. The van der Waals surface area contributed by atoms with Gasteiger partial charge in [0.25, 0.3) is 0 Å². The molecule has 20 heavy (non-hydrogen) atoms. The Bertz CT molecular complexity index is 311. The van der Waals surface area contributed by atoms with Crippen molar-refractivity contribution in [1.82, 2.24) is 5.32 Å². The first kappa shape index (κ1) is 17.3. The van der Waals surface area contributed by atoms with Crippen molar-refractivity contribution >= 4 is 5.91 Å². The van der Waals surface area contributed by atoms with Gasteiger partial charge in [-0.1, -0.05) is 6.92 Å². The molecule has 0 aromatic rings. The van der Waals surface area contributed by atoms with Crippen molar-refractivity contribution in [2.24, 2.45) is 0 Å². The van der Waals surface area contributed by atoms with Gasteiger partial charge in [0.15, 0.2) is 6.29 Å². The summed E-state index contributed by atoms with van der Waals surface area (Å²) in [5.41, 5.74) is 0. The van der Waals surface area contributed by atoms with Gasteiger partial charge < -0.3 is 30.1 Å². The third kappa shape index (κ3) is 4.39. The van der Waals surface area contributed by atoms with E-state index in [-0.39, 0.29) is 12.0 Å². The molecular weight excluding hydrogens is 266 g/mol. The van der Waals surface area contributed by atoms with Crippen molar-refractivity contribution in [3.05, 3.63) is 0 Å². The Labute approximate surface area is 118 Å². The van der Waals surface area contributed by atoms with Crippen LogP contribution in [0.25, 0.3) is 0 Å². The van der Waals surface area contributed by atoms with Crippen LogP contribution in [0.15, 0.2) is 0 Å². The highest BCUT2D eigenvalue weighted by Gasteiger charge is 2.46. The van der Waals surface area contributed by atoms with E-state index >= 15 is 0 Å². The maximum absolute atomic E-state index is 11.7. The molecular formula is C13H25NO6.